The Balaban J connectivity index is 1.95. The second-order valence-electron chi connectivity index (χ2n) is 6.12. The molecule has 6 nitrogen and oxygen atoms in total. The highest BCUT2D eigenvalue weighted by atomic mass is 32.2. The van der Waals surface area contributed by atoms with Crippen LogP contribution in [0.4, 0.5) is 5.69 Å². The maximum Gasteiger partial charge on any atom is 0.243 e. The molecule has 1 aliphatic rings. The highest BCUT2D eigenvalue weighted by Gasteiger charge is 2.26. The zero-order valence-corrected chi connectivity index (χ0v) is 15.4. The predicted molar refractivity (Wildman–Crippen MR) is 101 cm³/mol. The molecule has 2 aromatic carbocycles. The van der Waals surface area contributed by atoms with Gasteiger partial charge in [-0.15, -0.1) is 0 Å². The number of aliphatic imine (C=N–C) groups is 1. The molecule has 0 unspecified atom stereocenters. The van der Waals surface area contributed by atoms with Gasteiger partial charge >= 0.3 is 0 Å². The zero-order chi connectivity index (χ0) is 18.6. The summed E-state index contributed by atoms with van der Waals surface area (Å²) in [5.41, 5.74) is 0.938. The monoisotopic (exact) mass is 374 g/mol. The first-order valence-electron chi connectivity index (χ1n) is 8.52. The Bertz CT molecular complexity index is 904. The van der Waals surface area contributed by atoms with Crippen molar-refractivity contribution in [3.05, 3.63) is 48.0 Å². The summed E-state index contributed by atoms with van der Waals surface area (Å²) in [6, 6.07) is 11.5. The summed E-state index contributed by atoms with van der Waals surface area (Å²) in [6.45, 7) is 1.09. The summed E-state index contributed by atoms with van der Waals surface area (Å²) in [5.74, 6) is 0.571. The van der Waals surface area contributed by atoms with Crippen LogP contribution in [0.1, 0.15) is 24.8 Å². The number of hydrogen-bond donors (Lipinski definition) is 1. The predicted octanol–water partition coefficient (Wildman–Crippen LogP) is 3.33. The average Bonchev–Trinajstić information content (AvgIpc) is 2.68. The lowest BCUT2D eigenvalue weighted by atomic mass is 10.2. The van der Waals surface area contributed by atoms with Crippen molar-refractivity contribution in [2.24, 2.45) is 4.99 Å². The van der Waals surface area contributed by atoms with Crippen LogP contribution in [0.5, 0.6) is 11.5 Å². The number of ether oxygens (including phenoxy) is 1. The summed E-state index contributed by atoms with van der Waals surface area (Å²) in [5, 5.41) is 9.84. The molecule has 1 heterocycles. The van der Waals surface area contributed by atoms with Crippen LogP contribution in [0.2, 0.25) is 0 Å². The van der Waals surface area contributed by atoms with E-state index in [-0.39, 0.29) is 10.6 Å². The molecule has 1 saturated heterocycles. The Hall–Kier alpha value is -2.38. The first-order valence-corrected chi connectivity index (χ1v) is 9.96. The van der Waals surface area contributed by atoms with Crippen molar-refractivity contribution in [3.63, 3.8) is 0 Å². The number of rotatable bonds is 5. The van der Waals surface area contributed by atoms with Gasteiger partial charge in [0.1, 0.15) is 17.2 Å². The third kappa shape index (κ3) is 3.89. The topological polar surface area (TPSA) is 79.2 Å². The number of benzene rings is 2. The van der Waals surface area contributed by atoms with E-state index in [4.69, 9.17) is 4.74 Å². The van der Waals surface area contributed by atoms with E-state index in [9.17, 15) is 13.5 Å². The lowest BCUT2D eigenvalue weighted by Gasteiger charge is -2.26. The largest absolute Gasteiger partial charge is 0.507 e. The van der Waals surface area contributed by atoms with E-state index in [1.165, 1.54) is 23.7 Å². The lowest BCUT2D eigenvalue weighted by molar-refractivity contribution is 0.346. The Morgan fingerprint density at radius 3 is 2.54 bits per heavy atom. The fraction of sp³-hybridized carbons (Fsp3) is 0.316. The van der Waals surface area contributed by atoms with E-state index in [0.717, 1.165) is 19.3 Å². The quantitative estimate of drug-likeness (QED) is 0.814. The third-order valence-electron chi connectivity index (χ3n) is 4.38. The fourth-order valence-electron chi connectivity index (χ4n) is 2.92. The maximum atomic E-state index is 12.9. The molecule has 1 fully saturated rings. The van der Waals surface area contributed by atoms with Crippen molar-refractivity contribution >= 4 is 21.9 Å². The van der Waals surface area contributed by atoms with Crippen molar-refractivity contribution < 1.29 is 18.3 Å². The lowest BCUT2D eigenvalue weighted by Crippen LogP contribution is -2.35. The van der Waals surface area contributed by atoms with Gasteiger partial charge in [0.05, 0.1) is 12.0 Å². The molecule has 1 aliphatic heterocycles. The van der Waals surface area contributed by atoms with Crippen LogP contribution in [0.25, 0.3) is 0 Å². The molecular weight excluding hydrogens is 352 g/mol. The van der Waals surface area contributed by atoms with Gasteiger partial charge in [0.15, 0.2) is 0 Å². The Labute approximate surface area is 153 Å². The zero-order valence-electron chi connectivity index (χ0n) is 14.6. The summed E-state index contributed by atoms with van der Waals surface area (Å²) >= 11 is 0. The van der Waals surface area contributed by atoms with Gasteiger partial charge in [-0.05, 0) is 43.2 Å². The molecule has 0 aromatic heterocycles. The van der Waals surface area contributed by atoms with E-state index in [2.05, 4.69) is 4.99 Å². The number of para-hydroxylation sites is 1. The van der Waals surface area contributed by atoms with Crippen LogP contribution in [0.15, 0.2) is 52.4 Å². The number of hydrogen-bond acceptors (Lipinski definition) is 5. The van der Waals surface area contributed by atoms with E-state index in [0.29, 0.717) is 30.1 Å². The van der Waals surface area contributed by atoms with E-state index in [1.807, 2.05) is 0 Å². The van der Waals surface area contributed by atoms with Crippen molar-refractivity contribution in [1.82, 2.24) is 4.31 Å². The van der Waals surface area contributed by atoms with Crippen LogP contribution in [-0.4, -0.2) is 44.2 Å². The summed E-state index contributed by atoms with van der Waals surface area (Å²) in [7, 11) is -2.04. The van der Waals surface area contributed by atoms with Crippen molar-refractivity contribution in [3.8, 4) is 11.5 Å². The van der Waals surface area contributed by atoms with E-state index < -0.39 is 10.0 Å². The number of methoxy groups -OCH3 is 1. The van der Waals surface area contributed by atoms with Gasteiger partial charge in [-0.2, -0.15) is 4.31 Å². The molecular formula is C19H22N2O4S. The molecule has 1 N–H and O–H groups in total. The minimum atomic E-state index is -3.55. The van der Waals surface area contributed by atoms with Gasteiger partial charge in [0.2, 0.25) is 10.0 Å². The molecule has 0 aliphatic carbocycles. The number of phenols is 1. The van der Waals surface area contributed by atoms with E-state index >= 15 is 0 Å². The molecule has 0 radical (unpaired) electrons. The number of sulfonamides is 1. The van der Waals surface area contributed by atoms with Crippen LogP contribution in [-0.2, 0) is 10.0 Å². The van der Waals surface area contributed by atoms with Crippen LogP contribution >= 0.6 is 0 Å². The van der Waals surface area contributed by atoms with Gasteiger partial charge in [-0.1, -0.05) is 18.6 Å². The second kappa shape index (κ2) is 7.88. The van der Waals surface area contributed by atoms with Gasteiger partial charge in [-0.25, -0.2) is 8.42 Å². The number of aromatic hydroxyl groups is 1. The number of phenolic OH excluding ortho intramolecular Hbond substituents is 1. The molecule has 0 amide bonds. The Kier molecular flexibility index (Phi) is 5.58. The van der Waals surface area contributed by atoms with Crippen molar-refractivity contribution in [2.75, 3.05) is 20.2 Å². The summed E-state index contributed by atoms with van der Waals surface area (Å²) < 4.78 is 32.5. The Morgan fingerprint density at radius 2 is 1.85 bits per heavy atom. The minimum absolute atomic E-state index is 0.104. The highest BCUT2D eigenvalue weighted by Crippen LogP contribution is 2.32. The number of nitrogens with zero attached hydrogens (tertiary/aromatic N) is 2. The normalized spacial score (nSPS) is 16.0. The van der Waals surface area contributed by atoms with E-state index in [1.54, 1.807) is 36.4 Å². The van der Waals surface area contributed by atoms with Gasteiger partial charge in [0.25, 0.3) is 0 Å². The average molecular weight is 374 g/mol. The standard InChI is InChI=1S/C19H22N2O4S/c1-25-19-10-9-16(26(23,24)21-11-5-2-6-12-21)13-17(19)20-14-15-7-3-4-8-18(15)22/h3-4,7-10,13-14,22H,2,5-6,11-12H2,1H3. The van der Waals surface area contributed by atoms with Crippen molar-refractivity contribution in [1.29, 1.82) is 0 Å². The molecule has 2 aromatic rings. The molecule has 0 bridgehead atoms. The first kappa shape index (κ1) is 18.4. The highest BCUT2D eigenvalue weighted by molar-refractivity contribution is 7.89. The molecule has 0 atom stereocenters. The second-order valence-corrected chi connectivity index (χ2v) is 8.05. The first-order chi connectivity index (χ1) is 12.5. The fourth-order valence-corrected chi connectivity index (χ4v) is 4.46. The maximum absolute atomic E-state index is 12.9. The molecule has 0 saturated carbocycles. The summed E-state index contributed by atoms with van der Waals surface area (Å²) in [6.07, 6.45) is 4.32. The van der Waals surface area contributed by atoms with Gasteiger partial charge in [0, 0.05) is 24.9 Å². The van der Waals surface area contributed by atoms with Crippen LogP contribution < -0.4 is 4.74 Å². The molecule has 138 valence electrons. The van der Waals surface area contributed by atoms with Gasteiger partial charge in [-0.3, -0.25) is 4.99 Å². The van der Waals surface area contributed by atoms with Gasteiger partial charge < -0.3 is 9.84 Å². The minimum Gasteiger partial charge on any atom is -0.507 e. The molecule has 26 heavy (non-hydrogen) atoms. The smallest absolute Gasteiger partial charge is 0.243 e. The Morgan fingerprint density at radius 1 is 1.12 bits per heavy atom. The number of piperidine rings is 1. The molecule has 3 rings (SSSR count). The molecule has 0 spiro atoms. The van der Waals surface area contributed by atoms with Crippen LogP contribution in [0, 0.1) is 0 Å². The molecule has 7 heteroatoms. The van der Waals surface area contributed by atoms with Crippen molar-refractivity contribution in [2.45, 2.75) is 24.2 Å². The van der Waals surface area contributed by atoms with Crippen LogP contribution in [0.3, 0.4) is 0 Å². The third-order valence-corrected chi connectivity index (χ3v) is 6.28. The summed E-state index contributed by atoms with van der Waals surface area (Å²) in [4.78, 5) is 4.53. The SMILES string of the molecule is COc1ccc(S(=O)(=O)N2CCCCC2)cc1N=Cc1ccccc1O.